The van der Waals surface area contributed by atoms with Crippen molar-refractivity contribution >= 4 is 6.29 Å². The van der Waals surface area contributed by atoms with Crippen LogP contribution in [0.2, 0.25) is 0 Å². The summed E-state index contributed by atoms with van der Waals surface area (Å²) in [5, 5.41) is 0. The molecule has 8 atom stereocenters. The Morgan fingerprint density at radius 2 is 1.96 bits per heavy atom. The molecule has 0 aromatic heterocycles. The maximum Gasteiger partial charge on any atom is 0.120 e. The lowest BCUT2D eigenvalue weighted by Crippen LogP contribution is -2.50. The van der Waals surface area contributed by atoms with Crippen molar-refractivity contribution in [2.45, 2.75) is 91.9 Å². The number of hydrogen-bond donors (Lipinski definition) is 0. The molecule has 0 amide bonds. The van der Waals surface area contributed by atoms with Gasteiger partial charge in [0.25, 0.3) is 0 Å². The molecular formula is C25H40O. The van der Waals surface area contributed by atoms with Crippen molar-refractivity contribution in [3.63, 3.8) is 0 Å². The van der Waals surface area contributed by atoms with Gasteiger partial charge in [0.05, 0.1) is 0 Å². The SMILES string of the molecule is C[C@H]1CC[C@@]2(C)C(=CC[C@H]3[C@@H]4CC[C@H]([C@H](C)CCC=O)[C@@]4(C)CC[C@@H]32)C1. The van der Waals surface area contributed by atoms with Crippen LogP contribution in [-0.4, -0.2) is 6.29 Å². The molecule has 3 fully saturated rings. The highest BCUT2D eigenvalue weighted by molar-refractivity contribution is 5.49. The number of fused-ring (bicyclic) bond motifs is 5. The fourth-order valence-corrected chi connectivity index (χ4v) is 8.35. The highest BCUT2D eigenvalue weighted by Crippen LogP contribution is 2.67. The van der Waals surface area contributed by atoms with E-state index in [1.54, 1.807) is 0 Å². The average Bonchev–Trinajstić information content (AvgIpc) is 2.97. The molecule has 0 N–H and O–H groups in total. The normalized spacial score (nSPS) is 48.8. The second-order valence-corrected chi connectivity index (χ2v) is 11.1. The van der Waals surface area contributed by atoms with E-state index in [0.717, 1.165) is 48.7 Å². The van der Waals surface area contributed by atoms with Crippen LogP contribution in [0.4, 0.5) is 0 Å². The first-order chi connectivity index (χ1) is 12.4. The highest BCUT2D eigenvalue weighted by Gasteiger charge is 2.58. The predicted octanol–water partition coefficient (Wildman–Crippen LogP) is 6.82. The van der Waals surface area contributed by atoms with Gasteiger partial charge in [0.2, 0.25) is 0 Å². The van der Waals surface area contributed by atoms with Crippen molar-refractivity contribution in [1.82, 2.24) is 0 Å². The van der Waals surface area contributed by atoms with E-state index < -0.39 is 0 Å². The lowest BCUT2D eigenvalue weighted by atomic mass is 9.46. The summed E-state index contributed by atoms with van der Waals surface area (Å²) < 4.78 is 0. The number of hydrogen-bond acceptors (Lipinski definition) is 1. The topological polar surface area (TPSA) is 17.1 Å². The summed E-state index contributed by atoms with van der Waals surface area (Å²) in [4.78, 5) is 10.9. The summed E-state index contributed by atoms with van der Waals surface area (Å²) in [5.41, 5.74) is 2.88. The van der Waals surface area contributed by atoms with Gasteiger partial charge in [-0.05, 0) is 104 Å². The molecule has 0 heterocycles. The molecule has 4 aliphatic rings. The van der Waals surface area contributed by atoms with Crippen LogP contribution in [0.25, 0.3) is 0 Å². The van der Waals surface area contributed by atoms with E-state index in [2.05, 4.69) is 33.8 Å². The molecule has 0 unspecified atom stereocenters. The first kappa shape index (κ1) is 18.8. The van der Waals surface area contributed by atoms with Crippen LogP contribution in [-0.2, 0) is 4.79 Å². The third-order valence-corrected chi connectivity index (χ3v) is 9.85. The van der Waals surface area contributed by atoms with Crippen LogP contribution in [0.5, 0.6) is 0 Å². The molecule has 0 saturated heterocycles. The third-order valence-electron chi connectivity index (χ3n) is 9.85. The van der Waals surface area contributed by atoms with E-state index in [0.29, 0.717) is 16.7 Å². The molecule has 26 heavy (non-hydrogen) atoms. The van der Waals surface area contributed by atoms with Crippen LogP contribution < -0.4 is 0 Å². The Balaban J connectivity index is 1.57. The zero-order chi connectivity index (χ0) is 18.5. The van der Waals surface area contributed by atoms with Crippen LogP contribution in [0, 0.1) is 46.3 Å². The minimum absolute atomic E-state index is 0.512. The molecular weight excluding hydrogens is 316 g/mol. The highest BCUT2D eigenvalue weighted by atomic mass is 16.1. The summed E-state index contributed by atoms with van der Waals surface area (Å²) in [6.45, 7) is 10.1. The Bertz CT molecular complexity index is 577. The predicted molar refractivity (Wildman–Crippen MR) is 109 cm³/mol. The zero-order valence-electron chi connectivity index (χ0n) is 17.6. The van der Waals surface area contributed by atoms with Gasteiger partial charge >= 0.3 is 0 Å². The molecule has 0 bridgehead atoms. The summed E-state index contributed by atoms with van der Waals surface area (Å²) >= 11 is 0. The van der Waals surface area contributed by atoms with Crippen molar-refractivity contribution in [2.24, 2.45) is 46.3 Å². The Hall–Kier alpha value is -0.590. The van der Waals surface area contributed by atoms with Gasteiger partial charge in [0.15, 0.2) is 0 Å². The van der Waals surface area contributed by atoms with Crippen LogP contribution in [0.3, 0.4) is 0 Å². The molecule has 0 aromatic carbocycles. The van der Waals surface area contributed by atoms with Gasteiger partial charge in [-0.15, -0.1) is 0 Å². The molecule has 4 rings (SSSR count). The van der Waals surface area contributed by atoms with Crippen molar-refractivity contribution in [1.29, 1.82) is 0 Å². The Labute approximate surface area is 161 Å². The van der Waals surface area contributed by atoms with Crippen LogP contribution in [0.1, 0.15) is 91.9 Å². The van der Waals surface area contributed by atoms with Crippen molar-refractivity contribution in [3.05, 3.63) is 11.6 Å². The third kappa shape index (κ3) is 2.75. The number of rotatable bonds is 4. The van der Waals surface area contributed by atoms with E-state index in [-0.39, 0.29) is 0 Å². The van der Waals surface area contributed by atoms with Gasteiger partial charge in [0.1, 0.15) is 6.29 Å². The molecule has 146 valence electrons. The summed E-state index contributed by atoms with van der Waals surface area (Å²) in [6, 6.07) is 0. The molecule has 1 heteroatoms. The molecule has 4 aliphatic carbocycles. The van der Waals surface area contributed by atoms with E-state index >= 15 is 0 Å². The lowest BCUT2D eigenvalue weighted by Gasteiger charge is -2.58. The standard InChI is InChI=1S/C25H40O/c1-17-11-13-24(3)19(16-17)7-8-20-22-10-9-21(18(2)6-5-15-26)25(22,4)14-12-23(20)24/h7,15,17-18,20-23H,5-6,8-14,16H2,1-4H3/t17-,18+,20-,21+,22-,23-,24-,25+/m0/s1. The largest absolute Gasteiger partial charge is 0.303 e. The van der Waals surface area contributed by atoms with Crippen molar-refractivity contribution in [2.75, 3.05) is 0 Å². The molecule has 0 radical (unpaired) electrons. The van der Waals surface area contributed by atoms with Crippen LogP contribution >= 0.6 is 0 Å². The Morgan fingerprint density at radius 1 is 1.15 bits per heavy atom. The number of carbonyl (C=O) groups excluding carboxylic acids is 1. The van der Waals surface area contributed by atoms with E-state index in [4.69, 9.17) is 0 Å². The summed E-state index contributed by atoms with van der Waals surface area (Å²) in [5.74, 6) is 5.26. The number of aldehydes is 1. The fourth-order valence-electron chi connectivity index (χ4n) is 8.35. The number of carbonyl (C=O) groups is 1. The lowest BCUT2D eigenvalue weighted by molar-refractivity contribution is -0.108. The molecule has 3 saturated carbocycles. The van der Waals surface area contributed by atoms with E-state index in [1.165, 1.54) is 51.4 Å². The monoisotopic (exact) mass is 356 g/mol. The van der Waals surface area contributed by atoms with E-state index in [9.17, 15) is 4.79 Å². The van der Waals surface area contributed by atoms with Gasteiger partial charge in [-0.1, -0.05) is 39.3 Å². The molecule has 0 aliphatic heterocycles. The number of allylic oxidation sites excluding steroid dienone is 2. The van der Waals surface area contributed by atoms with Gasteiger partial charge in [-0.3, -0.25) is 0 Å². The summed E-state index contributed by atoms with van der Waals surface area (Å²) in [6.07, 6.45) is 17.0. The maximum absolute atomic E-state index is 10.9. The average molecular weight is 357 g/mol. The van der Waals surface area contributed by atoms with Crippen molar-refractivity contribution in [3.8, 4) is 0 Å². The van der Waals surface area contributed by atoms with Gasteiger partial charge in [-0.25, -0.2) is 0 Å². The first-order valence-corrected chi connectivity index (χ1v) is 11.5. The first-order valence-electron chi connectivity index (χ1n) is 11.5. The van der Waals surface area contributed by atoms with Gasteiger partial charge in [0, 0.05) is 6.42 Å². The Morgan fingerprint density at radius 3 is 2.73 bits per heavy atom. The van der Waals surface area contributed by atoms with Gasteiger partial charge < -0.3 is 4.79 Å². The molecule has 1 nitrogen and oxygen atoms in total. The smallest absolute Gasteiger partial charge is 0.120 e. The van der Waals surface area contributed by atoms with Gasteiger partial charge in [-0.2, -0.15) is 0 Å². The Kier molecular flexibility index (Phi) is 4.89. The minimum atomic E-state index is 0.512. The summed E-state index contributed by atoms with van der Waals surface area (Å²) in [7, 11) is 0. The van der Waals surface area contributed by atoms with Crippen LogP contribution in [0.15, 0.2) is 11.6 Å². The second kappa shape index (κ2) is 6.78. The second-order valence-electron chi connectivity index (χ2n) is 11.1. The fraction of sp³-hybridized carbons (Fsp3) is 0.880. The minimum Gasteiger partial charge on any atom is -0.303 e. The van der Waals surface area contributed by atoms with Crippen molar-refractivity contribution < 1.29 is 4.79 Å². The molecule has 0 spiro atoms. The molecule has 0 aromatic rings. The van der Waals surface area contributed by atoms with E-state index in [1.807, 2.05) is 5.57 Å². The maximum atomic E-state index is 10.9. The quantitative estimate of drug-likeness (QED) is 0.399. The zero-order valence-corrected chi connectivity index (χ0v) is 17.6.